The second-order valence-corrected chi connectivity index (χ2v) is 6.48. The zero-order valence-corrected chi connectivity index (χ0v) is 16.9. The van der Waals surface area contributed by atoms with Crippen molar-refractivity contribution < 1.29 is 23.5 Å². The maximum Gasteiger partial charge on any atom is 0.338 e. The van der Waals surface area contributed by atoms with Gasteiger partial charge in [0.05, 0.1) is 18.4 Å². The number of rotatable bonds is 8. The molecule has 0 spiro atoms. The van der Waals surface area contributed by atoms with Crippen molar-refractivity contribution >= 4 is 29.7 Å². The van der Waals surface area contributed by atoms with Crippen LogP contribution in [0.4, 0.5) is 0 Å². The summed E-state index contributed by atoms with van der Waals surface area (Å²) in [6.07, 6.45) is 1.38. The molecular weight excluding hydrogens is 408 g/mol. The topological polar surface area (TPSA) is 90.1 Å². The van der Waals surface area contributed by atoms with Gasteiger partial charge in [-0.2, -0.15) is 5.10 Å². The number of hydrogen-bond acceptors (Lipinski definition) is 6. The molecule has 0 atom stereocenters. The minimum Gasteiger partial charge on any atom is -0.484 e. The molecule has 1 N–H and O–H groups in total. The van der Waals surface area contributed by atoms with Crippen LogP contribution in [0.3, 0.4) is 0 Å². The number of halogens is 1. The molecule has 2 aromatic carbocycles. The normalized spacial score (nSPS) is 10.7. The van der Waals surface area contributed by atoms with Crippen LogP contribution in [0.2, 0.25) is 5.02 Å². The molecule has 0 aliphatic rings. The van der Waals surface area contributed by atoms with Gasteiger partial charge in [-0.1, -0.05) is 29.8 Å². The number of amides is 1. The molecule has 7 nitrogen and oxygen atoms in total. The molecule has 30 heavy (non-hydrogen) atoms. The summed E-state index contributed by atoms with van der Waals surface area (Å²) in [5.41, 5.74) is 3.62. The average molecular weight is 427 g/mol. The molecule has 0 fully saturated rings. The molecule has 0 aliphatic heterocycles. The van der Waals surface area contributed by atoms with E-state index in [1.807, 2.05) is 0 Å². The van der Waals surface area contributed by atoms with E-state index in [9.17, 15) is 9.59 Å². The van der Waals surface area contributed by atoms with E-state index in [4.69, 9.17) is 25.5 Å². The van der Waals surface area contributed by atoms with Crippen molar-refractivity contribution in [2.24, 2.45) is 5.10 Å². The van der Waals surface area contributed by atoms with Crippen LogP contribution >= 0.6 is 11.6 Å². The standard InChI is InChI=1S/C22H19ClN2O5/c1-2-28-22(27)16-8-6-15(7-9-16)20-11-10-19(30-20)13-24-25-21(26)14-29-18-5-3-4-17(23)12-18/h3-13H,2,14H2,1H3,(H,25,26). The van der Waals surface area contributed by atoms with E-state index in [1.165, 1.54) is 6.21 Å². The lowest BCUT2D eigenvalue weighted by Gasteiger charge is -2.04. The van der Waals surface area contributed by atoms with E-state index in [1.54, 1.807) is 67.6 Å². The molecule has 0 aliphatic carbocycles. The second-order valence-electron chi connectivity index (χ2n) is 6.04. The number of hydrogen-bond donors (Lipinski definition) is 1. The van der Waals surface area contributed by atoms with Gasteiger partial charge in [0.1, 0.15) is 17.3 Å². The van der Waals surface area contributed by atoms with Gasteiger partial charge in [-0.05, 0) is 49.4 Å². The van der Waals surface area contributed by atoms with Crippen LogP contribution in [0.25, 0.3) is 11.3 Å². The molecule has 3 aromatic rings. The lowest BCUT2D eigenvalue weighted by molar-refractivity contribution is -0.123. The molecule has 0 bridgehead atoms. The zero-order chi connectivity index (χ0) is 21.3. The van der Waals surface area contributed by atoms with Crippen molar-refractivity contribution in [3.05, 3.63) is 77.0 Å². The number of nitrogens with zero attached hydrogens (tertiary/aromatic N) is 1. The molecule has 8 heteroatoms. The van der Waals surface area contributed by atoms with Gasteiger partial charge in [-0.15, -0.1) is 0 Å². The fourth-order valence-electron chi connectivity index (χ4n) is 2.47. The quantitative estimate of drug-likeness (QED) is 0.329. The minimum atomic E-state index is -0.424. The van der Waals surface area contributed by atoms with E-state index >= 15 is 0 Å². The number of esters is 1. The molecule has 3 rings (SSSR count). The number of hydrazone groups is 1. The molecule has 0 unspecified atom stereocenters. The third-order valence-corrected chi connectivity index (χ3v) is 4.09. The molecule has 0 saturated carbocycles. The third kappa shape index (κ3) is 5.96. The highest BCUT2D eigenvalue weighted by molar-refractivity contribution is 6.30. The van der Waals surface area contributed by atoms with Crippen molar-refractivity contribution in [3.63, 3.8) is 0 Å². The van der Waals surface area contributed by atoms with E-state index in [0.29, 0.717) is 34.5 Å². The number of benzene rings is 2. The van der Waals surface area contributed by atoms with E-state index < -0.39 is 5.91 Å². The summed E-state index contributed by atoms with van der Waals surface area (Å²) in [5, 5.41) is 4.37. The highest BCUT2D eigenvalue weighted by atomic mass is 35.5. The molecule has 0 radical (unpaired) electrons. The molecule has 0 saturated heterocycles. The van der Waals surface area contributed by atoms with Crippen LogP contribution in [0.5, 0.6) is 5.75 Å². The molecule has 154 valence electrons. The Kier molecular flexibility index (Phi) is 7.24. The van der Waals surface area contributed by atoms with Gasteiger partial charge < -0.3 is 13.9 Å². The van der Waals surface area contributed by atoms with Gasteiger partial charge in [-0.25, -0.2) is 10.2 Å². The van der Waals surface area contributed by atoms with Crippen LogP contribution in [0.15, 0.2) is 70.2 Å². The summed E-state index contributed by atoms with van der Waals surface area (Å²) < 4.78 is 16.0. The number of nitrogens with one attached hydrogen (secondary N) is 1. The SMILES string of the molecule is CCOC(=O)c1ccc(-c2ccc(C=NNC(=O)COc3cccc(Cl)c3)o2)cc1. The van der Waals surface area contributed by atoms with Gasteiger partial charge in [0.2, 0.25) is 0 Å². The smallest absolute Gasteiger partial charge is 0.338 e. The van der Waals surface area contributed by atoms with Crippen LogP contribution in [-0.4, -0.2) is 31.3 Å². The zero-order valence-electron chi connectivity index (χ0n) is 16.1. The van der Waals surface area contributed by atoms with E-state index in [-0.39, 0.29) is 12.6 Å². The summed E-state index contributed by atoms with van der Waals surface area (Å²) in [6.45, 7) is 1.88. The third-order valence-electron chi connectivity index (χ3n) is 3.85. The van der Waals surface area contributed by atoms with Crippen molar-refractivity contribution in [2.45, 2.75) is 6.92 Å². The average Bonchev–Trinajstić information content (AvgIpc) is 3.21. The van der Waals surface area contributed by atoms with E-state index in [2.05, 4.69) is 10.5 Å². The lowest BCUT2D eigenvalue weighted by atomic mass is 10.1. The lowest BCUT2D eigenvalue weighted by Crippen LogP contribution is -2.24. The fourth-order valence-corrected chi connectivity index (χ4v) is 2.65. The highest BCUT2D eigenvalue weighted by Crippen LogP contribution is 2.22. The number of furan rings is 1. The number of carbonyl (C=O) groups excluding carboxylic acids is 2. The van der Waals surface area contributed by atoms with Gasteiger partial charge in [0.15, 0.2) is 6.61 Å². The Labute approximate surface area is 178 Å². The Morgan fingerprint density at radius 3 is 2.67 bits per heavy atom. The van der Waals surface area contributed by atoms with Crippen LogP contribution in [0.1, 0.15) is 23.0 Å². The van der Waals surface area contributed by atoms with Crippen LogP contribution in [0, 0.1) is 0 Å². The predicted octanol–water partition coefficient (Wildman–Crippen LogP) is 4.31. The largest absolute Gasteiger partial charge is 0.484 e. The van der Waals surface area contributed by atoms with Crippen molar-refractivity contribution in [1.29, 1.82) is 0 Å². The van der Waals surface area contributed by atoms with Crippen molar-refractivity contribution in [2.75, 3.05) is 13.2 Å². The Morgan fingerprint density at radius 2 is 1.93 bits per heavy atom. The predicted molar refractivity (Wildman–Crippen MR) is 113 cm³/mol. The Morgan fingerprint density at radius 1 is 1.13 bits per heavy atom. The summed E-state index contributed by atoms with van der Waals surface area (Å²) in [7, 11) is 0. The summed E-state index contributed by atoms with van der Waals surface area (Å²) in [6, 6.07) is 17.1. The maximum absolute atomic E-state index is 11.8. The summed E-state index contributed by atoms with van der Waals surface area (Å²) >= 11 is 5.86. The van der Waals surface area contributed by atoms with Gasteiger partial charge in [-0.3, -0.25) is 4.79 Å². The molecule has 1 aromatic heterocycles. The molecular formula is C22H19ClN2O5. The number of ether oxygens (including phenoxy) is 2. The molecule has 1 amide bonds. The Balaban J connectivity index is 1.51. The first-order chi connectivity index (χ1) is 14.5. The van der Waals surface area contributed by atoms with Crippen LogP contribution < -0.4 is 10.2 Å². The first-order valence-electron chi connectivity index (χ1n) is 9.13. The molecule has 1 heterocycles. The first-order valence-corrected chi connectivity index (χ1v) is 9.50. The maximum atomic E-state index is 11.8. The Hall–Kier alpha value is -3.58. The monoisotopic (exact) mass is 426 g/mol. The minimum absolute atomic E-state index is 0.200. The Bertz CT molecular complexity index is 1040. The van der Waals surface area contributed by atoms with E-state index in [0.717, 1.165) is 5.56 Å². The fraction of sp³-hybridized carbons (Fsp3) is 0.136. The second kappa shape index (κ2) is 10.3. The van der Waals surface area contributed by atoms with Crippen molar-refractivity contribution in [1.82, 2.24) is 5.43 Å². The number of carbonyl (C=O) groups is 2. The van der Waals surface area contributed by atoms with Gasteiger partial charge in [0, 0.05) is 10.6 Å². The summed E-state index contributed by atoms with van der Waals surface area (Å²) in [4.78, 5) is 23.5. The van der Waals surface area contributed by atoms with Gasteiger partial charge >= 0.3 is 5.97 Å². The highest BCUT2D eigenvalue weighted by Gasteiger charge is 2.08. The van der Waals surface area contributed by atoms with Gasteiger partial charge in [0.25, 0.3) is 5.91 Å². The first kappa shape index (κ1) is 21.1. The summed E-state index contributed by atoms with van der Waals surface area (Å²) in [5.74, 6) is 0.753. The van der Waals surface area contributed by atoms with Crippen LogP contribution in [-0.2, 0) is 9.53 Å². The van der Waals surface area contributed by atoms with Crippen molar-refractivity contribution in [3.8, 4) is 17.1 Å².